The van der Waals surface area contributed by atoms with E-state index in [1.165, 1.54) is 11.9 Å². The Morgan fingerprint density at radius 3 is 2.42 bits per heavy atom. The molecule has 1 N–H and O–H groups in total. The Bertz CT molecular complexity index is 355. The molecule has 2 saturated heterocycles. The number of alkyl halides is 3. The lowest BCUT2D eigenvalue weighted by Crippen LogP contribution is -2.59. The zero-order valence-corrected chi connectivity index (χ0v) is 11.1. The molecule has 19 heavy (non-hydrogen) atoms. The molecule has 110 valence electrons. The van der Waals surface area contributed by atoms with Crippen LogP contribution in [0.4, 0.5) is 13.2 Å². The molecule has 2 heterocycles. The van der Waals surface area contributed by atoms with Crippen LogP contribution in [0.3, 0.4) is 0 Å². The Labute approximate surface area is 110 Å². The van der Waals surface area contributed by atoms with Gasteiger partial charge in [0, 0.05) is 12.6 Å². The Hall–Kier alpha value is -0.820. The number of hydrogen-bond donors (Lipinski definition) is 1. The normalized spacial score (nSPS) is 31.6. The highest BCUT2D eigenvalue weighted by atomic mass is 19.4. The molecule has 0 aromatic carbocycles. The van der Waals surface area contributed by atoms with Gasteiger partial charge in [0.25, 0.3) is 0 Å². The molecule has 0 aromatic heterocycles. The number of likely N-dealkylation sites (N-methyl/N-ethyl adjacent to an activating group) is 1. The van der Waals surface area contributed by atoms with Crippen molar-refractivity contribution in [3.63, 3.8) is 0 Å². The average molecular weight is 280 g/mol. The zero-order valence-electron chi connectivity index (χ0n) is 11.1. The maximum Gasteiger partial charge on any atom is 0.404 e. The van der Waals surface area contributed by atoms with Crippen LogP contribution in [0.25, 0.3) is 0 Å². The van der Waals surface area contributed by atoms with Gasteiger partial charge in [-0.3, -0.25) is 9.69 Å². The van der Waals surface area contributed by atoms with Gasteiger partial charge in [0.15, 0.2) is 0 Å². The summed E-state index contributed by atoms with van der Waals surface area (Å²) in [5.41, 5.74) is -0.514. The molecule has 0 saturated carbocycles. The molecule has 7 heteroatoms. The average Bonchev–Trinajstić information content (AvgIpc) is 2.24. The first-order chi connectivity index (χ1) is 8.72. The topological polar surface area (TPSA) is 41.6 Å². The maximum atomic E-state index is 12.7. The van der Waals surface area contributed by atoms with E-state index in [4.69, 9.17) is 4.74 Å². The number of rotatable bonds is 2. The van der Waals surface area contributed by atoms with Crippen molar-refractivity contribution in [1.82, 2.24) is 10.2 Å². The number of nitrogens with one attached hydrogen (secondary N) is 1. The second-order valence-electron chi connectivity index (χ2n) is 5.80. The molecule has 2 unspecified atom stereocenters. The second-order valence-corrected chi connectivity index (χ2v) is 5.80. The van der Waals surface area contributed by atoms with Crippen LogP contribution in [0.2, 0.25) is 0 Å². The molecule has 0 bridgehead atoms. The van der Waals surface area contributed by atoms with Crippen LogP contribution in [-0.4, -0.2) is 55.9 Å². The first-order valence-corrected chi connectivity index (χ1v) is 6.38. The van der Waals surface area contributed by atoms with E-state index in [9.17, 15) is 18.0 Å². The largest absolute Gasteiger partial charge is 0.404 e. The lowest BCUT2D eigenvalue weighted by atomic mass is 9.86. The lowest BCUT2D eigenvalue weighted by molar-refractivity contribution is -0.189. The Kier molecular flexibility index (Phi) is 3.79. The summed E-state index contributed by atoms with van der Waals surface area (Å²) in [6.45, 7) is 2.79. The van der Waals surface area contributed by atoms with Crippen molar-refractivity contribution < 1.29 is 22.7 Å². The molecular formula is C12H19F3N2O2. The second kappa shape index (κ2) is 4.94. The summed E-state index contributed by atoms with van der Waals surface area (Å²) in [7, 11) is 1.45. The molecule has 2 atom stereocenters. The van der Waals surface area contributed by atoms with Gasteiger partial charge in [-0.05, 0) is 26.8 Å². The maximum absolute atomic E-state index is 12.7. The van der Waals surface area contributed by atoms with Crippen molar-refractivity contribution >= 4 is 5.91 Å². The number of hydrogen-bond acceptors (Lipinski definition) is 3. The number of halogens is 3. The molecule has 0 aromatic rings. The predicted molar refractivity (Wildman–Crippen MR) is 62.6 cm³/mol. The lowest BCUT2D eigenvalue weighted by Gasteiger charge is -2.41. The molecule has 0 spiro atoms. The summed E-state index contributed by atoms with van der Waals surface area (Å²) in [5.74, 6) is -0.123. The quantitative estimate of drug-likeness (QED) is 0.825. The van der Waals surface area contributed by atoms with E-state index < -0.39 is 17.6 Å². The summed E-state index contributed by atoms with van der Waals surface area (Å²) >= 11 is 0. The molecular weight excluding hydrogens is 261 g/mol. The van der Waals surface area contributed by atoms with Gasteiger partial charge in [0.2, 0.25) is 5.91 Å². The van der Waals surface area contributed by atoms with Gasteiger partial charge < -0.3 is 10.1 Å². The Morgan fingerprint density at radius 1 is 1.37 bits per heavy atom. The fraction of sp³-hybridized carbons (Fsp3) is 0.917. The van der Waals surface area contributed by atoms with Crippen LogP contribution in [0.5, 0.6) is 0 Å². The first-order valence-electron chi connectivity index (χ1n) is 6.38. The van der Waals surface area contributed by atoms with E-state index in [2.05, 4.69) is 5.32 Å². The summed E-state index contributed by atoms with van der Waals surface area (Å²) in [4.78, 5) is 13.2. The van der Waals surface area contributed by atoms with Crippen LogP contribution >= 0.6 is 0 Å². The molecule has 2 rings (SSSR count). The number of nitrogens with zero attached hydrogens (tertiary/aromatic N) is 1. The van der Waals surface area contributed by atoms with Gasteiger partial charge in [-0.25, -0.2) is 0 Å². The highest BCUT2D eigenvalue weighted by molar-refractivity contribution is 5.83. The summed E-state index contributed by atoms with van der Waals surface area (Å²) in [5, 5.41) is 2.84. The summed E-state index contributed by atoms with van der Waals surface area (Å²) < 4.78 is 43.1. The standard InChI is InChI=1S/C12H19F3N2O2/c1-11(6-19-7-11)10(18)16-8-3-4-9(12(13,14)15)17(2)5-8/h8-9H,3-7H2,1-2H3,(H,16,18). The van der Waals surface area contributed by atoms with Crippen LogP contribution < -0.4 is 5.32 Å². The third kappa shape index (κ3) is 3.02. The molecule has 2 fully saturated rings. The van der Waals surface area contributed by atoms with Gasteiger partial charge >= 0.3 is 6.18 Å². The Morgan fingerprint density at radius 2 is 2.00 bits per heavy atom. The van der Waals surface area contributed by atoms with E-state index in [1.54, 1.807) is 6.92 Å². The third-order valence-electron chi connectivity index (χ3n) is 3.93. The SMILES string of the molecule is CN1CC(NC(=O)C2(C)COC2)CCC1C(F)(F)F. The van der Waals surface area contributed by atoms with E-state index >= 15 is 0 Å². The molecule has 0 aliphatic carbocycles. The van der Waals surface area contributed by atoms with Gasteiger partial charge in [-0.15, -0.1) is 0 Å². The number of ether oxygens (including phenoxy) is 1. The van der Waals surface area contributed by atoms with Crippen molar-refractivity contribution in [1.29, 1.82) is 0 Å². The molecule has 2 aliphatic heterocycles. The number of likely N-dealkylation sites (tertiary alicyclic amines) is 1. The van der Waals surface area contributed by atoms with Crippen LogP contribution in [0.15, 0.2) is 0 Å². The van der Waals surface area contributed by atoms with E-state index in [0.717, 1.165) is 0 Å². The van der Waals surface area contributed by atoms with Crippen molar-refractivity contribution in [3.05, 3.63) is 0 Å². The third-order valence-corrected chi connectivity index (χ3v) is 3.93. The summed E-state index contributed by atoms with van der Waals surface area (Å²) in [6.07, 6.45) is -3.81. The molecule has 1 amide bonds. The fourth-order valence-corrected chi connectivity index (χ4v) is 2.58. The van der Waals surface area contributed by atoms with Crippen molar-refractivity contribution in [2.45, 2.75) is 38.0 Å². The monoisotopic (exact) mass is 280 g/mol. The smallest absolute Gasteiger partial charge is 0.379 e. The molecule has 0 radical (unpaired) electrons. The van der Waals surface area contributed by atoms with Gasteiger partial charge in [0.05, 0.1) is 18.6 Å². The minimum Gasteiger partial charge on any atom is -0.379 e. The van der Waals surface area contributed by atoms with Crippen LogP contribution in [0.1, 0.15) is 19.8 Å². The van der Waals surface area contributed by atoms with Gasteiger partial charge in [-0.1, -0.05) is 0 Å². The minimum absolute atomic E-state index is 0.0260. The van der Waals surface area contributed by atoms with E-state index in [-0.39, 0.29) is 24.9 Å². The predicted octanol–water partition coefficient (Wildman–Crippen LogP) is 1.16. The number of carbonyl (C=O) groups is 1. The molecule has 4 nitrogen and oxygen atoms in total. The number of piperidine rings is 1. The Balaban J connectivity index is 1.87. The van der Waals surface area contributed by atoms with E-state index in [0.29, 0.717) is 19.6 Å². The van der Waals surface area contributed by atoms with Crippen LogP contribution in [0, 0.1) is 5.41 Å². The van der Waals surface area contributed by atoms with E-state index in [1.807, 2.05) is 0 Å². The van der Waals surface area contributed by atoms with Gasteiger partial charge in [0.1, 0.15) is 6.04 Å². The zero-order chi connectivity index (χ0) is 14.3. The fourth-order valence-electron chi connectivity index (χ4n) is 2.58. The van der Waals surface area contributed by atoms with Gasteiger partial charge in [-0.2, -0.15) is 13.2 Å². The molecule has 2 aliphatic rings. The highest BCUT2D eigenvalue weighted by Crippen LogP contribution is 2.32. The van der Waals surface area contributed by atoms with Crippen molar-refractivity contribution in [2.24, 2.45) is 5.41 Å². The summed E-state index contributed by atoms with van der Waals surface area (Å²) in [6, 6.07) is -1.61. The van der Waals surface area contributed by atoms with Crippen molar-refractivity contribution in [2.75, 3.05) is 26.8 Å². The van der Waals surface area contributed by atoms with Crippen molar-refractivity contribution in [3.8, 4) is 0 Å². The highest BCUT2D eigenvalue weighted by Gasteiger charge is 2.46. The first kappa shape index (κ1) is 14.6. The van der Waals surface area contributed by atoms with Crippen LogP contribution in [-0.2, 0) is 9.53 Å². The minimum atomic E-state index is -4.20. The number of amides is 1. The number of carbonyl (C=O) groups excluding carboxylic acids is 1.